The minimum absolute atomic E-state index is 0.679. The minimum atomic E-state index is 0.679. The third-order valence-corrected chi connectivity index (χ3v) is 3.84. The van der Waals surface area contributed by atoms with E-state index < -0.39 is 0 Å². The summed E-state index contributed by atoms with van der Waals surface area (Å²) in [7, 11) is 4.26. The van der Waals surface area contributed by atoms with Crippen LogP contribution in [0.2, 0.25) is 0 Å². The molecule has 1 aromatic carbocycles. The molecule has 0 aliphatic heterocycles. The molecule has 0 aliphatic rings. The first kappa shape index (κ1) is 16.5. The van der Waals surface area contributed by atoms with Crippen LogP contribution in [0.25, 0.3) is 0 Å². The summed E-state index contributed by atoms with van der Waals surface area (Å²) in [5.41, 5.74) is 4.09. The van der Waals surface area contributed by atoms with Gasteiger partial charge in [0.2, 0.25) is 0 Å². The number of alkyl halides is 1. The number of hydrogen-bond acceptors (Lipinski definition) is 2. The summed E-state index contributed by atoms with van der Waals surface area (Å²) in [6.07, 6.45) is 0. The number of aryl methyl sites for hydroxylation is 1. The van der Waals surface area contributed by atoms with Crippen LogP contribution in [0.5, 0.6) is 0 Å². The van der Waals surface area contributed by atoms with Gasteiger partial charge in [0.15, 0.2) is 0 Å². The van der Waals surface area contributed by atoms with Crippen LogP contribution in [-0.4, -0.2) is 38.6 Å². The molecule has 1 aromatic rings. The van der Waals surface area contributed by atoms with Crippen molar-refractivity contribution in [1.82, 2.24) is 4.90 Å². The van der Waals surface area contributed by atoms with Gasteiger partial charge >= 0.3 is 0 Å². The molecule has 0 fully saturated rings. The van der Waals surface area contributed by atoms with Crippen LogP contribution in [0.4, 0.5) is 5.69 Å². The number of benzene rings is 1. The van der Waals surface area contributed by atoms with Gasteiger partial charge in [-0.15, -0.1) is 0 Å². The monoisotopic (exact) mass is 326 g/mol. The van der Waals surface area contributed by atoms with Gasteiger partial charge in [-0.25, -0.2) is 0 Å². The second-order valence-corrected chi connectivity index (χ2v) is 6.45. The van der Waals surface area contributed by atoms with Gasteiger partial charge in [0.1, 0.15) is 0 Å². The highest BCUT2D eigenvalue weighted by atomic mass is 79.9. The van der Waals surface area contributed by atoms with Gasteiger partial charge in [0, 0.05) is 30.7 Å². The Bertz CT molecular complexity index is 388. The van der Waals surface area contributed by atoms with Crippen molar-refractivity contribution in [1.29, 1.82) is 0 Å². The maximum Gasteiger partial charge on any atom is 0.0369 e. The summed E-state index contributed by atoms with van der Waals surface area (Å²) in [5.74, 6) is 0.679. The second kappa shape index (κ2) is 7.91. The van der Waals surface area contributed by atoms with E-state index in [1.807, 2.05) is 0 Å². The smallest absolute Gasteiger partial charge is 0.0369 e. The van der Waals surface area contributed by atoms with E-state index in [4.69, 9.17) is 0 Å². The van der Waals surface area contributed by atoms with Crippen LogP contribution in [0, 0.1) is 12.8 Å². The standard InChI is InChI=1S/C16H27BrN2/c1-13(2)12-19(9-8-18(4)5)16-7-6-15(11-17)14(3)10-16/h6-7,10,13H,8-9,11-12H2,1-5H3. The Morgan fingerprint density at radius 1 is 1.16 bits per heavy atom. The highest BCUT2D eigenvalue weighted by molar-refractivity contribution is 9.08. The maximum atomic E-state index is 3.54. The molecule has 0 saturated heterocycles. The number of halogens is 1. The minimum Gasteiger partial charge on any atom is -0.370 e. The molecule has 19 heavy (non-hydrogen) atoms. The fourth-order valence-corrected chi connectivity index (χ4v) is 2.74. The Balaban J connectivity index is 2.86. The summed E-state index contributed by atoms with van der Waals surface area (Å²) >= 11 is 3.54. The first-order valence-electron chi connectivity index (χ1n) is 6.99. The van der Waals surface area contributed by atoms with Crippen molar-refractivity contribution >= 4 is 21.6 Å². The van der Waals surface area contributed by atoms with E-state index in [2.05, 4.69) is 78.8 Å². The largest absolute Gasteiger partial charge is 0.370 e. The molecular formula is C16H27BrN2. The van der Waals surface area contributed by atoms with Gasteiger partial charge in [-0.2, -0.15) is 0 Å². The molecule has 0 radical (unpaired) electrons. The van der Waals surface area contributed by atoms with Crippen LogP contribution >= 0.6 is 15.9 Å². The van der Waals surface area contributed by atoms with Crippen molar-refractivity contribution in [2.75, 3.05) is 38.6 Å². The van der Waals surface area contributed by atoms with Gasteiger partial charge in [0.05, 0.1) is 0 Å². The number of rotatable bonds is 7. The molecule has 0 atom stereocenters. The molecular weight excluding hydrogens is 300 g/mol. The quantitative estimate of drug-likeness (QED) is 0.701. The van der Waals surface area contributed by atoms with Crippen LogP contribution < -0.4 is 4.90 Å². The Morgan fingerprint density at radius 3 is 2.32 bits per heavy atom. The highest BCUT2D eigenvalue weighted by Gasteiger charge is 2.10. The van der Waals surface area contributed by atoms with E-state index in [1.54, 1.807) is 0 Å². The summed E-state index contributed by atoms with van der Waals surface area (Å²) < 4.78 is 0. The van der Waals surface area contributed by atoms with Gasteiger partial charge in [0.25, 0.3) is 0 Å². The van der Waals surface area contributed by atoms with Crippen molar-refractivity contribution in [2.24, 2.45) is 5.92 Å². The molecule has 0 N–H and O–H groups in total. The number of nitrogens with zero attached hydrogens (tertiary/aromatic N) is 2. The zero-order chi connectivity index (χ0) is 14.4. The van der Waals surface area contributed by atoms with Crippen LogP contribution in [0.15, 0.2) is 18.2 Å². The lowest BCUT2D eigenvalue weighted by Crippen LogP contribution is -2.34. The van der Waals surface area contributed by atoms with Crippen LogP contribution in [0.3, 0.4) is 0 Å². The number of anilines is 1. The first-order valence-corrected chi connectivity index (χ1v) is 8.11. The van der Waals surface area contributed by atoms with E-state index >= 15 is 0 Å². The van der Waals surface area contributed by atoms with Gasteiger partial charge < -0.3 is 9.80 Å². The molecule has 0 spiro atoms. The van der Waals surface area contributed by atoms with E-state index in [0.717, 1.165) is 25.0 Å². The number of likely N-dealkylation sites (N-methyl/N-ethyl adjacent to an activating group) is 1. The third-order valence-electron chi connectivity index (χ3n) is 3.24. The fourth-order valence-electron chi connectivity index (χ4n) is 2.11. The lowest BCUT2D eigenvalue weighted by atomic mass is 10.1. The topological polar surface area (TPSA) is 6.48 Å². The summed E-state index contributed by atoms with van der Waals surface area (Å²) in [4.78, 5) is 4.74. The maximum absolute atomic E-state index is 3.54. The van der Waals surface area contributed by atoms with Crippen molar-refractivity contribution in [3.8, 4) is 0 Å². The van der Waals surface area contributed by atoms with Gasteiger partial charge in [-0.3, -0.25) is 0 Å². The molecule has 0 aliphatic carbocycles. The summed E-state index contributed by atoms with van der Waals surface area (Å²) in [6, 6.07) is 6.80. The Labute approximate surface area is 126 Å². The van der Waals surface area contributed by atoms with E-state index in [0.29, 0.717) is 5.92 Å². The van der Waals surface area contributed by atoms with E-state index in [-0.39, 0.29) is 0 Å². The normalized spacial score (nSPS) is 11.4. The number of hydrogen-bond donors (Lipinski definition) is 0. The highest BCUT2D eigenvalue weighted by Crippen LogP contribution is 2.21. The van der Waals surface area contributed by atoms with Crippen molar-refractivity contribution in [2.45, 2.75) is 26.1 Å². The predicted molar refractivity (Wildman–Crippen MR) is 89.4 cm³/mol. The molecule has 0 bridgehead atoms. The average Bonchev–Trinajstić information content (AvgIpc) is 2.33. The summed E-state index contributed by atoms with van der Waals surface area (Å²) in [6.45, 7) is 10.0. The van der Waals surface area contributed by atoms with Crippen molar-refractivity contribution in [3.05, 3.63) is 29.3 Å². The Hall–Kier alpha value is -0.540. The summed E-state index contributed by atoms with van der Waals surface area (Å²) in [5, 5.41) is 0.932. The Morgan fingerprint density at radius 2 is 1.84 bits per heavy atom. The molecule has 2 nitrogen and oxygen atoms in total. The van der Waals surface area contributed by atoms with Crippen molar-refractivity contribution in [3.63, 3.8) is 0 Å². The van der Waals surface area contributed by atoms with E-state index in [1.165, 1.54) is 16.8 Å². The molecule has 0 saturated carbocycles. The Kier molecular flexibility index (Phi) is 6.87. The fraction of sp³-hybridized carbons (Fsp3) is 0.625. The average molecular weight is 327 g/mol. The zero-order valence-corrected chi connectivity index (χ0v) is 14.5. The molecule has 0 amide bonds. The second-order valence-electron chi connectivity index (χ2n) is 5.89. The third kappa shape index (κ3) is 5.53. The van der Waals surface area contributed by atoms with Crippen molar-refractivity contribution < 1.29 is 0 Å². The molecule has 0 unspecified atom stereocenters. The lowest BCUT2D eigenvalue weighted by molar-refractivity contribution is 0.409. The molecule has 0 aromatic heterocycles. The predicted octanol–water partition coefficient (Wildman–Crippen LogP) is 3.91. The molecule has 0 heterocycles. The van der Waals surface area contributed by atoms with Gasteiger partial charge in [-0.05, 0) is 50.2 Å². The molecule has 1 rings (SSSR count). The van der Waals surface area contributed by atoms with Crippen LogP contribution in [-0.2, 0) is 5.33 Å². The lowest BCUT2D eigenvalue weighted by Gasteiger charge is -2.28. The molecule has 108 valence electrons. The van der Waals surface area contributed by atoms with Crippen LogP contribution in [0.1, 0.15) is 25.0 Å². The zero-order valence-electron chi connectivity index (χ0n) is 12.9. The van der Waals surface area contributed by atoms with E-state index in [9.17, 15) is 0 Å². The molecule has 3 heteroatoms. The van der Waals surface area contributed by atoms with Gasteiger partial charge in [-0.1, -0.05) is 35.8 Å². The first-order chi connectivity index (χ1) is 8.93. The SMILES string of the molecule is Cc1cc(N(CCN(C)C)CC(C)C)ccc1CBr.